The number of amides is 3. The first-order valence-electron chi connectivity index (χ1n) is 7.79. The van der Waals surface area contributed by atoms with Crippen molar-refractivity contribution in [1.29, 1.82) is 0 Å². The first-order valence-corrected chi connectivity index (χ1v) is 7.79. The molecule has 2 heterocycles. The molecule has 2 fully saturated rings. The lowest BCUT2D eigenvalue weighted by Gasteiger charge is -2.15. The van der Waals surface area contributed by atoms with E-state index < -0.39 is 11.9 Å². The fourth-order valence-corrected chi connectivity index (χ4v) is 2.63. The number of allylic oxidation sites excluding steroid dienone is 2. The SMILES string of the molecule is C/C=C(/C(=O)O)N1CCCC1=O.C/C=C(/C(N)=O)N1CCCC1=O. The number of carboxylic acids is 1. The van der Waals surface area contributed by atoms with Crippen LogP contribution >= 0.6 is 0 Å². The number of primary amides is 1. The number of nitrogens with two attached hydrogens (primary N) is 1. The number of carbonyl (C=O) groups is 4. The van der Waals surface area contributed by atoms with Crippen LogP contribution in [0.1, 0.15) is 39.5 Å². The monoisotopic (exact) mass is 337 g/mol. The second-order valence-corrected chi connectivity index (χ2v) is 5.32. The number of likely N-dealkylation sites (tertiary alicyclic amines) is 2. The third-order valence-electron chi connectivity index (χ3n) is 3.75. The summed E-state index contributed by atoms with van der Waals surface area (Å²) in [6.45, 7) is 4.47. The minimum atomic E-state index is -1.03. The maximum absolute atomic E-state index is 11.2. The summed E-state index contributed by atoms with van der Waals surface area (Å²) in [5, 5.41) is 8.69. The fraction of sp³-hybridized carbons (Fsp3) is 0.500. The second-order valence-electron chi connectivity index (χ2n) is 5.32. The summed E-state index contributed by atoms with van der Waals surface area (Å²) < 4.78 is 0. The zero-order valence-corrected chi connectivity index (χ0v) is 13.9. The van der Waals surface area contributed by atoms with Crippen molar-refractivity contribution in [3.63, 3.8) is 0 Å². The maximum atomic E-state index is 11.2. The summed E-state index contributed by atoms with van der Waals surface area (Å²) in [5.74, 6) is -1.67. The van der Waals surface area contributed by atoms with Gasteiger partial charge in [-0.1, -0.05) is 12.2 Å². The maximum Gasteiger partial charge on any atom is 0.352 e. The Labute approximate surface area is 140 Å². The van der Waals surface area contributed by atoms with Gasteiger partial charge in [-0.2, -0.15) is 0 Å². The molecule has 2 aliphatic heterocycles. The Hall–Kier alpha value is -2.64. The molecular weight excluding hydrogens is 314 g/mol. The summed E-state index contributed by atoms with van der Waals surface area (Å²) in [6, 6.07) is 0. The molecule has 8 heteroatoms. The minimum Gasteiger partial charge on any atom is -0.477 e. The fourth-order valence-electron chi connectivity index (χ4n) is 2.63. The van der Waals surface area contributed by atoms with Crippen molar-refractivity contribution in [3.8, 4) is 0 Å². The van der Waals surface area contributed by atoms with Gasteiger partial charge >= 0.3 is 5.97 Å². The molecule has 0 bridgehead atoms. The van der Waals surface area contributed by atoms with E-state index in [0.717, 1.165) is 12.8 Å². The van der Waals surface area contributed by atoms with Crippen LogP contribution in [0.4, 0.5) is 0 Å². The average Bonchev–Trinajstić information content (AvgIpc) is 3.11. The number of carbonyl (C=O) groups excluding carboxylic acids is 3. The van der Waals surface area contributed by atoms with Crippen LogP contribution in [0.2, 0.25) is 0 Å². The molecule has 0 spiro atoms. The van der Waals surface area contributed by atoms with E-state index in [1.807, 2.05) is 0 Å². The summed E-state index contributed by atoms with van der Waals surface area (Å²) >= 11 is 0. The van der Waals surface area contributed by atoms with Gasteiger partial charge in [-0.05, 0) is 26.7 Å². The van der Waals surface area contributed by atoms with Crippen LogP contribution in [0.15, 0.2) is 23.5 Å². The van der Waals surface area contributed by atoms with Gasteiger partial charge in [-0.3, -0.25) is 14.4 Å². The molecule has 0 aliphatic carbocycles. The van der Waals surface area contributed by atoms with Crippen LogP contribution in [-0.2, 0) is 19.2 Å². The smallest absolute Gasteiger partial charge is 0.352 e. The molecule has 0 aromatic carbocycles. The van der Waals surface area contributed by atoms with Crippen LogP contribution in [-0.4, -0.2) is 51.7 Å². The quantitative estimate of drug-likeness (QED) is 0.727. The van der Waals surface area contributed by atoms with Gasteiger partial charge in [0, 0.05) is 25.9 Å². The molecule has 3 amide bonds. The van der Waals surface area contributed by atoms with E-state index in [2.05, 4.69) is 0 Å². The van der Waals surface area contributed by atoms with Crippen molar-refractivity contribution in [2.24, 2.45) is 5.73 Å². The zero-order valence-electron chi connectivity index (χ0n) is 13.9. The summed E-state index contributed by atoms with van der Waals surface area (Å²) in [7, 11) is 0. The lowest BCUT2D eigenvalue weighted by Crippen LogP contribution is -2.32. The molecule has 132 valence electrons. The van der Waals surface area contributed by atoms with Gasteiger partial charge in [0.05, 0.1) is 0 Å². The van der Waals surface area contributed by atoms with E-state index in [1.165, 1.54) is 15.9 Å². The highest BCUT2D eigenvalue weighted by Gasteiger charge is 2.27. The van der Waals surface area contributed by atoms with E-state index in [1.54, 1.807) is 19.9 Å². The normalized spacial score (nSPS) is 18.6. The lowest BCUT2D eigenvalue weighted by molar-refractivity contribution is -0.138. The molecular formula is C16H23N3O5. The molecule has 0 saturated carbocycles. The van der Waals surface area contributed by atoms with Crippen molar-refractivity contribution >= 4 is 23.7 Å². The molecule has 2 saturated heterocycles. The van der Waals surface area contributed by atoms with Gasteiger partial charge < -0.3 is 20.6 Å². The predicted octanol–water partition coefficient (Wildman–Crippen LogP) is 0.595. The Morgan fingerprint density at radius 3 is 1.62 bits per heavy atom. The summed E-state index contributed by atoms with van der Waals surface area (Å²) in [6.07, 6.45) is 5.57. The number of hydrogen-bond donors (Lipinski definition) is 2. The Kier molecular flexibility index (Phi) is 7.16. The Morgan fingerprint density at radius 2 is 1.38 bits per heavy atom. The molecule has 8 nitrogen and oxygen atoms in total. The van der Waals surface area contributed by atoms with Crippen LogP contribution in [0.5, 0.6) is 0 Å². The van der Waals surface area contributed by atoms with Crippen LogP contribution < -0.4 is 5.73 Å². The van der Waals surface area contributed by atoms with Gasteiger partial charge in [0.25, 0.3) is 5.91 Å². The molecule has 0 aromatic heterocycles. The van der Waals surface area contributed by atoms with Crippen molar-refractivity contribution < 1.29 is 24.3 Å². The highest BCUT2D eigenvalue weighted by atomic mass is 16.4. The topological polar surface area (TPSA) is 121 Å². The van der Waals surface area contributed by atoms with Gasteiger partial charge in [-0.15, -0.1) is 0 Å². The lowest BCUT2D eigenvalue weighted by atomic mass is 10.3. The van der Waals surface area contributed by atoms with Crippen molar-refractivity contribution in [3.05, 3.63) is 23.5 Å². The van der Waals surface area contributed by atoms with E-state index in [-0.39, 0.29) is 17.5 Å². The number of carboxylic acid groups (broad SMARTS) is 1. The van der Waals surface area contributed by atoms with Crippen molar-refractivity contribution in [2.75, 3.05) is 13.1 Å². The third kappa shape index (κ3) is 4.68. The third-order valence-corrected chi connectivity index (χ3v) is 3.75. The minimum absolute atomic E-state index is 0.0121. The predicted molar refractivity (Wildman–Crippen MR) is 86.2 cm³/mol. The Balaban J connectivity index is 0.000000240. The Bertz CT molecular complexity index is 543. The summed E-state index contributed by atoms with van der Waals surface area (Å²) in [4.78, 5) is 46.4. The highest BCUT2D eigenvalue weighted by molar-refractivity contribution is 5.96. The molecule has 2 aliphatic rings. The molecule has 0 atom stereocenters. The number of rotatable bonds is 4. The average molecular weight is 337 g/mol. The largest absolute Gasteiger partial charge is 0.477 e. The Morgan fingerprint density at radius 1 is 0.958 bits per heavy atom. The van der Waals surface area contributed by atoms with Crippen LogP contribution in [0, 0.1) is 0 Å². The second kappa shape index (κ2) is 8.85. The number of nitrogens with zero attached hydrogens (tertiary/aromatic N) is 2. The van der Waals surface area contributed by atoms with E-state index in [0.29, 0.717) is 31.6 Å². The van der Waals surface area contributed by atoms with Gasteiger partial charge in [0.1, 0.15) is 11.4 Å². The molecule has 24 heavy (non-hydrogen) atoms. The molecule has 0 aromatic rings. The van der Waals surface area contributed by atoms with Crippen molar-refractivity contribution in [2.45, 2.75) is 39.5 Å². The number of aliphatic carboxylic acids is 1. The van der Waals surface area contributed by atoms with Gasteiger partial charge in [-0.25, -0.2) is 4.79 Å². The first-order chi connectivity index (χ1) is 11.3. The number of hydrogen-bond acceptors (Lipinski definition) is 4. The van der Waals surface area contributed by atoms with E-state index >= 15 is 0 Å². The molecule has 0 radical (unpaired) electrons. The zero-order chi connectivity index (χ0) is 18.3. The summed E-state index contributed by atoms with van der Waals surface area (Å²) in [5.41, 5.74) is 5.50. The van der Waals surface area contributed by atoms with Crippen molar-refractivity contribution in [1.82, 2.24) is 9.80 Å². The van der Waals surface area contributed by atoms with Crippen LogP contribution in [0.25, 0.3) is 0 Å². The van der Waals surface area contributed by atoms with Crippen LogP contribution in [0.3, 0.4) is 0 Å². The molecule has 0 unspecified atom stereocenters. The van der Waals surface area contributed by atoms with Gasteiger partial charge in [0.2, 0.25) is 11.8 Å². The molecule has 2 rings (SSSR count). The molecule has 3 N–H and O–H groups in total. The highest BCUT2D eigenvalue weighted by Crippen LogP contribution is 2.16. The van der Waals surface area contributed by atoms with Gasteiger partial charge in [0.15, 0.2) is 0 Å². The first kappa shape index (κ1) is 19.4. The standard InChI is InChI=1S/C8H12N2O2.C8H11NO3/c1-2-6(8(9)12)10-5-3-4-7(10)11;1-2-6(8(11)12)9-5-3-4-7(9)10/h2H,3-5H2,1H3,(H2,9,12);2H,3-5H2,1H3,(H,11,12)/b2*6-2-. The van der Waals surface area contributed by atoms with E-state index in [4.69, 9.17) is 10.8 Å². The van der Waals surface area contributed by atoms with E-state index in [9.17, 15) is 19.2 Å².